The zero-order chi connectivity index (χ0) is 20.6. The Morgan fingerprint density at radius 2 is 1.07 bits per heavy atom. The predicted octanol–water partition coefficient (Wildman–Crippen LogP) is 6.28. The van der Waals surface area contributed by atoms with Crippen LogP contribution in [0.2, 0.25) is 0 Å². The average Bonchev–Trinajstić information content (AvgIpc) is 2.81. The Bertz CT molecular complexity index is 1020. The van der Waals surface area contributed by atoms with Crippen LogP contribution in [-0.4, -0.2) is 5.97 Å². The van der Waals surface area contributed by atoms with Crippen molar-refractivity contribution in [2.45, 2.75) is 16.4 Å². The first-order valence-corrected chi connectivity index (χ1v) is 11.5. The molecule has 0 N–H and O–H groups in total. The van der Waals surface area contributed by atoms with Gasteiger partial charge in [-0.2, -0.15) is 0 Å². The van der Waals surface area contributed by atoms with Gasteiger partial charge in [-0.25, -0.2) is 4.79 Å². The maximum absolute atomic E-state index is 12.3. The molecule has 0 amide bonds. The molecule has 0 aliphatic rings. The van der Waals surface area contributed by atoms with E-state index in [4.69, 9.17) is 4.74 Å². The third-order valence-electron chi connectivity index (χ3n) is 4.74. The van der Waals surface area contributed by atoms with Gasteiger partial charge in [0.2, 0.25) is 0 Å². The van der Waals surface area contributed by atoms with E-state index in [1.54, 1.807) is 12.1 Å². The number of hydrogen-bond acceptors (Lipinski definition) is 2. The summed E-state index contributed by atoms with van der Waals surface area (Å²) in [4.78, 5) is 13.6. The molecule has 148 valence electrons. The number of ether oxygens (including phenoxy) is 1. The number of carbonyl (C=O) groups excluding carboxylic acids is 1. The summed E-state index contributed by atoms with van der Waals surface area (Å²) in [5.41, 5.74) is 3.21. The molecule has 4 aromatic carbocycles. The van der Waals surface area contributed by atoms with Gasteiger partial charge in [0.05, 0.1) is 5.56 Å². The Balaban J connectivity index is 1.52. The summed E-state index contributed by atoms with van der Waals surface area (Å²) in [6, 6.07) is 38.2. The number of rotatable bonds is 7. The first-order valence-electron chi connectivity index (χ1n) is 9.90. The lowest BCUT2D eigenvalue weighted by atomic mass is 10.2. The molecule has 4 aromatic rings. The molecule has 30 heavy (non-hydrogen) atoms. The number of esters is 1. The Kier molecular flexibility index (Phi) is 6.63. The maximum Gasteiger partial charge on any atom is 0.343 e. The molecule has 0 aliphatic heterocycles. The number of benzene rings is 4. The molecule has 0 aliphatic carbocycles. The molecule has 0 atom stereocenters. The van der Waals surface area contributed by atoms with Crippen molar-refractivity contribution in [3.05, 3.63) is 132 Å². The highest BCUT2D eigenvalue weighted by Gasteiger charge is 2.23. The van der Waals surface area contributed by atoms with Crippen molar-refractivity contribution in [1.29, 1.82) is 0 Å². The molecule has 0 unspecified atom stereocenters. The van der Waals surface area contributed by atoms with E-state index in [0.717, 1.165) is 11.5 Å². The van der Waals surface area contributed by atoms with Crippen molar-refractivity contribution in [2.75, 3.05) is 0 Å². The summed E-state index contributed by atoms with van der Waals surface area (Å²) < 4.78 is 5.54. The zero-order valence-electron chi connectivity index (χ0n) is 16.6. The molecule has 3 heteroatoms. The van der Waals surface area contributed by atoms with Crippen molar-refractivity contribution in [1.82, 2.24) is 0 Å². The minimum atomic E-state index is -0.337. The highest BCUT2D eigenvalue weighted by Crippen LogP contribution is 2.25. The Hall–Kier alpha value is -3.30. The van der Waals surface area contributed by atoms with Gasteiger partial charge in [0.25, 0.3) is 0 Å². The van der Waals surface area contributed by atoms with Gasteiger partial charge < -0.3 is 4.74 Å². The summed E-state index contributed by atoms with van der Waals surface area (Å²) in [6.45, 7) is 0. The van der Waals surface area contributed by atoms with Crippen LogP contribution >= 0.6 is 0 Å². The van der Waals surface area contributed by atoms with Crippen molar-refractivity contribution >= 4 is 16.9 Å². The lowest BCUT2D eigenvalue weighted by Gasteiger charge is -2.10. The molecule has 0 aromatic heterocycles. The molecule has 0 radical (unpaired) electrons. The Morgan fingerprint density at radius 1 is 0.600 bits per heavy atom. The normalized spacial score (nSPS) is 10.7. The second-order valence-electron chi connectivity index (χ2n) is 6.98. The molecule has 0 fully saturated rings. The van der Waals surface area contributed by atoms with Crippen LogP contribution in [0, 0.1) is 0 Å². The van der Waals surface area contributed by atoms with Gasteiger partial charge in [-0.15, -0.1) is 0 Å². The van der Waals surface area contributed by atoms with Gasteiger partial charge in [-0.3, -0.25) is 0 Å². The summed E-state index contributed by atoms with van der Waals surface area (Å²) in [5.74, 6) is 2.20. The topological polar surface area (TPSA) is 26.3 Å². The van der Waals surface area contributed by atoms with E-state index in [0.29, 0.717) is 11.3 Å². The quantitative estimate of drug-likeness (QED) is 0.203. The number of hydrogen-bond donors (Lipinski definition) is 0. The fourth-order valence-corrected chi connectivity index (χ4v) is 5.35. The van der Waals surface area contributed by atoms with Crippen molar-refractivity contribution in [3.63, 3.8) is 0 Å². The second kappa shape index (κ2) is 9.95. The van der Waals surface area contributed by atoms with E-state index < -0.39 is 0 Å². The average molecular weight is 412 g/mol. The van der Waals surface area contributed by atoms with Crippen LogP contribution < -0.4 is 4.74 Å². The Labute approximate surface area is 180 Å². The van der Waals surface area contributed by atoms with Gasteiger partial charge in [-0.1, -0.05) is 78.9 Å². The van der Waals surface area contributed by atoms with Crippen LogP contribution in [0.3, 0.4) is 0 Å². The van der Waals surface area contributed by atoms with E-state index in [9.17, 15) is 4.79 Å². The van der Waals surface area contributed by atoms with Gasteiger partial charge >= 0.3 is 5.97 Å². The van der Waals surface area contributed by atoms with Crippen LogP contribution in [0.25, 0.3) is 0 Å². The zero-order valence-corrected chi connectivity index (χ0v) is 17.4. The van der Waals surface area contributed by atoms with Gasteiger partial charge in [0.1, 0.15) is 17.3 Å². The van der Waals surface area contributed by atoms with Crippen molar-refractivity contribution < 1.29 is 9.53 Å². The highest BCUT2D eigenvalue weighted by molar-refractivity contribution is 7.95. The molecule has 0 saturated heterocycles. The molecular formula is C27H23O2S+. The highest BCUT2D eigenvalue weighted by atomic mass is 32.2. The predicted molar refractivity (Wildman–Crippen MR) is 124 cm³/mol. The fourth-order valence-electron chi connectivity index (χ4n) is 3.21. The standard InChI is InChI=1S/C27H23O2S/c28-27(24-14-8-3-9-15-24)29-25-16-18-26(19-17-25)30(20-22-10-4-1-5-11-22)21-23-12-6-2-7-13-23/h1-19H,20-21H2/q+1. The molecular weight excluding hydrogens is 388 g/mol. The third-order valence-corrected chi connectivity index (χ3v) is 7.05. The van der Waals surface area contributed by atoms with Gasteiger partial charge in [0.15, 0.2) is 4.90 Å². The monoisotopic (exact) mass is 411 g/mol. The van der Waals surface area contributed by atoms with Crippen LogP contribution in [-0.2, 0) is 22.4 Å². The van der Waals surface area contributed by atoms with E-state index in [2.05, 4.69) is 72.8 Å². The second-order valence-corrected chi connectivity index (χ2v) is 9.01. The molecule has 0 heterocycles. The minimum absolute atomic E-state index is 0.0128. The maximum atomic E-state index is 12.3. The van der Waals surface area contributed by atoms with Crippen LogP contribution in [0.15, 0.2) is 120 Å². The lowest BCUT2D eigenvalue weighted by molar-refractivity contribution is 0.0734. The van der Waals surface area contributed by atoms with Gasteiger partial charge in [-0.05, 0) is 36.4 Å². The largest absolute Gasteiger partial charge is 0.423 e. The minimum Gasteiger partial charge on any atom is -0.423 e. The fraction of sp³-hybridized carbons (Fsp3) is 0.0741. The van der Waals surface area contributed by atoms with Crippen LogP contribution in [0.5, 0.6) is 5.75 Å². The Morgan fingerprint density at radius 3 is 1.57 bits per heavy atom. The van der Waals surface area contributed by atoms with Crippen LogP contribution in [0.4, 0.5) is 0 Å². The summed E-state index contributed by atoms with van der Waals surface area (Å²) in [6.07, 6.45) is 0. The van der Waals surface area contributed by atoms with Crippen molar-refractivity contribution in [3.8, 4) is 5.75 Å². The number of carbonyl (C=O) groups is 1. The SMILES string of the molecule is O=C(Oc1ccc([S+](Cc2ccccc2)Cc2ccccc2)cc1)c1ccccc1. The lowest BCUT2D eigenvalue weighted by Crippen LogP contribution is -2.11. The van der Waals surface area contributed by atoms with Crippen LogP contribution in [0.1, 0.15) is 21.5 Å². The summed E-state index contributed by atoms with van der Waals surface area (Å²) >= 11 is 0. The summed E-state index contributed by atoms with van der Waals surface area (Å²) in [7, 11) is 0.0128. The molecule has 2 nitrogen and oxygen atoms in total. The van der Waals surface area contributed by atoms with E-state index in [1.165, 1.54) is 16.0 Å². The molecule has 0 bridgehead atoms. The molecule has 0 saturated carbocycles. The molecule has 0 spiro atoms. The smallest absolute Gasteiger partial charge is 0.343 e. The third kappa shape index (κ3) is 5.40. The molecule has 4 rings (SSSR count). The first-order chi connectivity index (χ1) is 14.8. The first kappa shape index (κ1) is 20.0. The van der Waals surface area contributed by atoms with Crippen molar-refractivity contribution in [2.24, 2.45) is 0 Å². The van der Waals surface area contributed by atoms with Gasteiger partial charge in [0, 0.05) is 22.0 Å². The van der Waals surface area contributed by atoms with E-state index >= 15 is 0 Å². The van der Waals surface area contributed by atoms with E-state index in [1.807, 2.05) is 30.3 Å². The summed E-state index contributed by atoms with van der Waals surface area (Å²) in [5, 5.41) is 0. The van der Waals surface area contributed by atoms with E-state index in [-0.39, 0.29) is 16.9 Å².